The molecule has 0 N–H and O–H groups in total. The van der Waals surface area contributed by atoms with Gasteiger partial charge in [0.25, 0.3) is 0 Å². The van der Waals surface area contributed by atoms with Gasteiger partial charge in [0.15, 0.2) is 0 Å². The van der Waals surface area contributed by atoms with Crippen LogP contribution in [0.25, 0.3) is 88.3 Å². The fraction of sp³-hybridized carbons (Fsp3) is 0. The van der Waals surface area contributed by atoms with Gasteiger partial charge in [0.1, 0.15) is 5.82 Å². The molecule has 3 nitrogen and oxygen atoms in total. The summed E-state index contributed by atoms with van der Waals surface area (Å²) in [6.07, 6.45) is 0. The number of imidazole rings is 1. The zero-order valence-electron chi connectivity index (χ0n) is 26.1. The molecule has 10 rings (SSSR count). The first-order chi connectivity index (χ1) is 23.8. The lowest BCUT2D eigenvalue weighted by Crippen LogP contribution is -1.98. The minimum absolute atomic E-state index is 0.929. The fourth-order valence-corrected chi connectivity index (χ4v) is 7.59. The van der Waals surface area contributed by atoms with E-state index in [0.29, 0.717) is 0 Å². The van der Waals surface area contributed by atoms with Crippen molar-refractivity contribution in [3.8, 4) is 33.9 Å². The first-order valence-electron chi connectivity index (χ1n) is 16.4. The van der Waals surface area contributed by atoms with Crippen LogP contribution in [0.4, 0.5) is 0 Å². The van der Waals surface area contributed by atoms with E-state index in [1.807, 2.05) is 0 Å². The van der Waals surface area contributed by atoms with Crippen molar-refractivity contribution in [3.05, 3.63) is 176 Å². The van der Waals surface area contributed by atoms with Gasteiger partial charge in [-0.1, -0.05) is 133 Å². The molecule has 0 unspecified atom stereocenters. The van der Waals surface area contributed by atoms with E-state index in [1.165, 1.54) is 38.0 Å². The van der Waals surface area contributed by atoms with Crippen LogP contribution >= 0.6 is 0 Å². The summed E-state index contributed by atoms with van der Waals surface area (Å²) in [5, 5.41) is 7.35. The summed E-state index contributed by atoms with van der Waals surface area (Å²) in [5.74, 6) is 0.929. The van der Waals surface area contributed by atoms with Gasteiger partial charge < -0.3 is 4.57 Å². The van der Waals surface area contributed by atoms with Gasteiger partial charge >= 0.3 is 0 Å². The molecule has 0 atom stereocenters. The van der Waals surface area contributed by atoms with Crippen LogP contribution in [-0.2, 0) is 0 Å². The molecule has 0 fully saturated rings. The summed E-state index contributed by atoms with van der Waals surface area (Å²) in [4.78, 5) is 5.46. The van der Waals surface area contributed by atoms with Crippen LogP contribution in [0.3, 0.4) is 0 Å². The maximum atomic E-state index is 5.46. The fourth-order valence-electron chi connectivity index (χ4n) is 7.59. The highest BCUT2D eigenvalue weighted by atomic mass is 15.1. The van der Waals surface area contributed by atoms with E-state index < -0.39 is 0 Å². The van der Waals surface area contributed by atoms with Gasteiger partial charge in [0.2, 0.25) is 0 Å². The Morgan fingerprint density at radius 3 is 1.54 bits per heavy atom. The summed E-state index contributed by atoms with van der Waals surface area (Å²) in [6.45, 7) is 0. The highest BCUT2D eigenvalue weighted by Gasteiger charge is 2.20. The molecule has 0 aliphatic heterocycles. The minimum atomic E-state index is 0.929. The van der Waals surface area contributed by atoms with Crippen LogP contribution in [0.5, 0.6) is 0 Å². The molecule has 0 spiro atoms. The Kier molecular flexibility index (Phi) is 5.87. The third-order valence-corrected chi connectivity index (χ3v) is 9.68. The van der Waals surface area contributed by atoms with Crippen molar-refractivity contribution in [1.82, 2.24) is 14.1 Å². The first kappa shape index (κ1) is 26.7. The highest BCUT2D eigenvalue weighted by molar-refractivity contribution is 6.24. The summed E-state index contributed by atoms with van der Waals surface area (Å²) >= 11 is 0. The van der Waals surface area contributed by atoms with Crippen molar-refractivity contribution in [2.75, 3.05) is 0 Å². The van der Waals surface area contributed by atoms with Gasteiger partial charge in [-0.2, -0.15) is 0 Å². The zero-order valence-corrected chi connectivity index (χ0v) is 26.1. The van der Waals surface area contributed by atoms with E-state index in [1.54, 1.807) is 0 Å². The normalized spacial score (nSPS) is 11.8. The minimum Gasteiger partial charge on any atom is -0.309 e. The van der Waals surface area contributed by atoms with Gasteiger partial charge in [-0.3, -0.25) is 4.57 Å². The van der Waals surface area contributed by atoms with Crippen LogP contribution in [-0.4, -0.2) is 14.1 Å². The van der Waals surface area contributed by atoms with E-state index >= 15 is 0 Å². The molecule has 0 radical (unpaired) electrons. The van der Waals surface area contributed by atoms with E-state index in [-0.39, 0.29) is 0 Å². The average molecular weight is 612 g/mol. The van der Waals surface area contributed by atoms with Crippen LogP contribution in [0.1, 0.15) is 0 Å². The number of hydrogen-bond donors (Lipinski definition) is 0. The molecule has 3 heteroatoms. The number of fused-ring (bicyclic) bond motifs is 9. The first-order valence-corrected chi connectivity index (χ1v) is 16.4. The molecule has 2 heterocycles. The topological polar surface area (TPSA) is 22.8 Å². The van der Waals surface area contributed by atoms with Gasteiger partial charge in [0.05, 0.1) is 22.1 Å². The zero-order chi connectivity index (χ0) is 31.6. The molecule has 0 aliphatic rings. The van der Waals surface area contributed by atoms with Crippen molar-refractivity contribution >= 4 is 54.4 Å². The summed E-state index contributed by atoms with van der Waals surface area (Å²) in [7, 11) is 0. The molecule has 10 aromatic rings. The second-order valence-electron chi connectivity index (χ2n) is 12.4. The van der Waals surface area contributed by atoms with Gasteiger partial charge in [-0.25, -0.2) is 4.98 Å². The Morgan fingerprint density at radius 2 is 0.833 bits per heavy atom. The lowest BCUT2D eigenvalue weighted by Gasteiger charge is -2.13. The SMILES string of the molecule is c1ccc(-n2c(-c3cccc(-c4cccc(-n5c6ccccc6c6ccccc65)c4)c3)nc3c4ccccc4c4ccccc4c32)cc1. The van der Waals surface area contributed by atoms with Gasteiger partial charge in [0, 0.05) is 38.5 Å². The predicted molar refractivity (Wildman–Crippen MR) is 201 cm³/mol. The Bertz CT molecular complexity index is 2780. The molecular weight excluding hydrogens is 583 g/mol. The molecule has 8 aromatic carbocycles. The molecular formula is C45H29N3. The smallest absolute Gasteiger partial charge is 0.145 e. The number of rotatable bonds is 4. The molecule has 2 aromatic heterocycles. The van der Waals surface area contributed by atoms with Crippen molar-refractivity contribution in [3.63, 3.8) is 0 Å². The largest absolute Gasteiger partial charge is 0.309 e. The van der Waals surface area contributed by atoms with Crippen LogP contribution in [0.2, 0.25) is 0 Å². The number of benzene rings is 8. The number of hydrogen-bond acceptors (Lipinski definition) is 1. The molecule has 224 valence electrons. The van der Waals surface area contributed by atoms with E-state index in [9.17, 15) is 0 Å². The highest BCUT2D eigenvalue weighted by Crippen LogP contribution is 2.40. The molecule has 0 bridgehead atoms. The summed E-state index contributed by atoms with van der Waals surface area (Å²) in [5.41, 5.74) is 10.2. The maximum absolute atomic E-state index is 5.46. The summed E-state index contributed by atoms with van der Waals surface area (Å²) in [6, 6.07) is 63.0. The monoisotopic (exact) mass is 611 g/mol. The van der Waals surface area contributed by atoms with Crippen molar-refractivity contribution in [1.29, 1.82) is 0 Å². The van der Waals surface area contributed by atoms with E-state index in [0.717, 1.165) is 50.3 Å². The molecule has 0 amide bonds. The van der Waals surface area contributed by atoms with Crippen LogP contribution in [0, 0.1) is 0 Å². The lowest BCUT2D eigenvalue weighted by atomic mass is 10.00. The molecule has 0 saturated heterocycles. The Hall–Kier alpha value is -6.45. The average Bonchev–Trinajstić information content (AvgIpc) is 3.73. The van der Waals surface area contributed by atoms with Gasteiger partial charge in [-0.05, 0) is 64.4 Å². The predicted octanol–water partition coefficient (Wildman–Crippen LogP) is 11.8. The Labute approximate surface area is 277 Å². The molecule has 48 heavy (non-hydrogen) atoms. The second-order valence-corrected chi connectivity index (χ2v) is 12.4. The Morgan fingerprint density at radius 1 is 0.333 bits per heavy atom. The van der Waals surface area contributed by atoms with Crippen LogP contribution < -0.4 is 0 Å². The molecule has 0 aliphatic carbocycles. The number of para-hydroxylation sites is 3. The van der Waals surface area contributed by atoms with Crippen molar-refractivity contribution in [2.24, 2.45) is 0 Å². The maximum Gasteiger partial charge on any atom is 0.145 e. The summed E-state index contributed by atoms with van der Waals surface area (Å²) < 4.78 is 4.72. The number of nitrogens with zero attached hydrogens (tertiary/aromatic N) is 3. The second kappa shape index (κ2) is 10.5. The lowest BCUT2D eigenvalue weighted by molar-refractivity contribution is 1.11. The third kappa shape index (κ3) is 3.98. The quantitative estimate of drug-likeness (QED) is 0.182. The standard InChI is InChI=1S/C45H29N3/c1-2-17-33(18-3-1)48-44-40-25-7-5-21-36(40)35-20-4-6-24-39(35)43(44)46-45(48)32-16-12-14-30(28-32)31-15-13-19-34(29-31)47-41-26-10-8-22-37(41)38-23-9-11-27-42(38)47/h1-29H. The van der Waals surface area contributed by atoms with Gasteiger partial charge in [-0.15, -0.1) is 0 Å². The van der Waals surface area contributed by atoms with Crippen molar-refractivity contribution < 1.29 is 0 Å². The third-order valence-electron chi connectivity index (χ3n) is 9.68. The van der Waals surface area contributed by atoms with Crippen LogP contribution in [0.15, 0.2) is 176 Å². The molecule has 0 saturated carbocycles. The number of aromatic nitrogens is 3. The Balaban J connectivity index is 1.20. The van der Waals surface area contributed by atoms with Crippen molar-refractivity contribution in [2.45, 2.75) is 0 Å². The van der Waals surface area contributed by atoms with E-state index in [4.69, 9.17) is 4.98 Å². The van der Waals surface area contributed by atoms with E-state index in [2.05, 4.69) is 185 Å².